The van der Waals surface area contributed by atoms with Gasteiger partial charge in [-0.1, -0.05) is 13.8 Å². The van der Waals surface area contributed by atoms with E-state index in [4.69, 9.17) is 5.11 Å². The fourth-order valence-corrected chi connectivity index (χ4v) is 2.07. The molecule has 1 unspecified atom stereocenters. The Morgan fingerprint density at radius 1 is 1.54 bits per heavy atom. The predicted molar refractivity (Wildman–Crippen MR) is 57.0 cm³/mol. The largest absolute Gasteiger partial charge is 0.396 e. The fourth-order valence-electron chi connectivity index (χ4n) is 1.35. The smallest absolute Gasteiger partial charge is 0.0449 e. The third-order valence-electron chi connectivity index (χ3n) is 1.90. The van der Waals surface area contributed by atoms with E-state index in [1.165, 1.54) is 5.56 Å². The lowest BCUT2D eigenvalue weighted by Crippen LogP contribution is -2.28. The lowest BCUT2D eigenvalue weighted by molar-refractivity contribution is 0.261. The Kier molecular flexibility index (Phi) is 4.42. The highest BCUT2D eigenvalue weighted by Crippen LogP contribution is 2.19. The maximum absolute atomic E-state index is 8.91. The lowest BCUT2D eigenvalue weighted by Gasteiger charge is -2.19. The van der Waals surface area contributed by atoms with Crippen molar-refractivity contribution < 1.29 is 5.11 Å². The molecule has 0 radical (unpaired) electrons. The van der Waals surface area contributed by atoms with Crippen molar-refractivity contribution in [1.82, 2.24) is 5.32 Å². The maximum atomic E-state index is 8.91. The standard InChI is InChI=1S/C10H17NOS/c1-8(2)11-10(3-5-12)9-4-6-13-7-9/h4,6-8,10-12H,3,5H2,1-2H3. The van der Waals surface area contributed by atoms with E-state index in [0.717, 1.165) is 6.42 Å². The van der Waals surface area contributed by atoms with Crippen molar-refractivity contribution >= 4 is 11.3 Å². The van der Waals surface area contributed by atoms with Crippen molar-refractivity contribution in [2.24, 2.45) is 0 Å². The second-order valence-corrected chi connectivity index (χ2v) is 4.22. The van der Waals surface area contributed by atoms with Crippen LogP contribution in [0.1, 0.15) is 31.9 Å². The van der Waals surface area contributed by atoms with E-state index in [1.807, 2.05) is 0 Å². The van der Waals surface area contributed by atoms with Crippen LogP contribution in [0.15, 0.2) is 16.8 Å². The van der Waals surface area contributed by atoms with E-state index < -0.39 is 0 Å². The summed E-state index contributed by atoms with van der Waals surface area (Å²) in [6.07, 6.45) is 0.787. The van der Waals surface area contributed by atoms with Gasteiger partial charge in [-0.2, -0.15) is 11.3 Å². The molecule has 0 aromatic carbocycles. The highest BCUT2D eigenvalue weighted by atomic mass is 32.1. The second kappa shape index (κ2) is 5.37. The van der Waals surface area contributed by atoms with E-state index >= 15 is 0 Å². The highest BCUT2D eigenvalue weighted by molar-refractivity contribution is 7.07. The minimum atomic E-state index is 0.236. The molecule has 3 heteroatoms. The van der Waals surface area contributed by atoms with Gasteiger partial charge < -0.3 is 10.4 Å². The van der Waals surface area contributed by atoms with Crippen molar-refractivity contribution in [2.75, 3.05) is 6.61 Å². The summed E-state index contributed by atoms with van der Waals surface area (Å²) in [4.78, 5) is 0. The first kappa shape index (κ1) is 10.7. The number of aliphatic hydroxyl groups excluding tert-OH is 1. The summed E-state index contributed by atoms with van der Waals surface area (Å²) in [7, 11) is 0. The molecular weight excluding hydrogens is 182 g/mol. The minimum Gasteiger partial charge on any atom is -0.396 e. The van der Waals surface area contributed by atoms with Gasteiger partial charge in [0.2, 0.25) is 0 Å². The Morgan fingerprint density at radius 3 is 2.77 bits per heavy atom. The second-order valence-electron chi connectivity index (χ2n) is 3.44. The van der Waals surface area contributed by atoms with Crippen LogP contribution in [0.2, 0.25) is 0 Å². The molecule has 1 aromatic heterocycles. The Labute approximate surface area is 83.6 Å². The van der Waals surface area contributed by atoms with Crippen LogP contribution in [0, 0.1) is 0 Å². The van der Waals surface area contributed by atoms with Crippen LogP contribution in [-0.4, -0.2) is 17.8 Å². The fraction of sp³-hybridized carbons (Fsp3) is 0.600. The average molecular weight is 199 g/mol. The molecule has 13 heavy (non-hydrogen) atoms. The summed E-state index contributed by atoms with van der Waals surface area (Å²) < 4.78 is 0. The van der Waals surface area contributed by atoms with E-state index in [1.54, 1.807) is 11.3 Å². The van der Waals surface area contributed by atoms with Crippen molar-refractivity contribution in [3.05, 3.63) is 22.4 Å². The first-order valence-corrected chi connectivity index (χ1v) is 5.57. The summed E-state index contributed by atoms with van der Waals surface area (Å²) in [6, 6.07) is 2.87. The molecule has 0 aliphatic heterocycles. The first-order valence-electron chi connectivity index (χ1n) is 4.63. The molecule has 1 rings (SSSR count). The number of rotatable bonds is 5. The quantitative estimate of drug-likeness (QED) is 0.761. The van der Waals surface area contributed by atoms with Crippen molar-refractivity contribution in [3.63, 3.8) is 0 Å². The van der Waals surface area contributed by atoms with Gasteiger partial charge in [-0.3, -0.25) is 0 Å². The molecule has 0 spiro atoms. The summed E-state index contributed by atoms with van der Waals surface area (Å²) in [5.74, 6) is 0. The first-order chi connectivity index (χ1) is 6.24. The Morgan fingerprint density at radius 2 is 2.31 bits per heavy atom. The normalized spacial score (nSPS) is 13.5. The molecule has 1 heterocycles. The van der Waals surface area contributed by atoms with E-state index in [-0.39, 0.29) is 6.61 Å². The third-order valence-corrected chi connectivity index (χ3v) is 2.60. The molecule has 0 amide bonds. The van der Waals surface area contributed by atoms with Gasteiger partial charge in [0, 0.05) is 18.7 Å². The van der Waals surface area contributed by atoms with Crippen LogP contribution in [0.4, 0.5) is 0 Å². The SMILES string of the molecule is CC(C)NC(CCO)c1ccsc1. The lowest BCUT2D eigenvalue weighted by atomic mass is 10.1. The van der Waals surface area contributed by atoms with Gasteiger partial charge in [0.05, 0.1) is 0 Å². The van der Waals surface area contributed by atoms with Gasteiger partial charge in [0.15, 0.2) is 0 Å². The van der Waals surface area contributed by atoms with E-state index in [9.17, 15) is 0 Å². The summed E-state index contributed by atoms with van der Waals surface area (Å²) in [5.41, 5.74) is 1.28. The number of nitrogens with one attached hydrogen (secondary N) is 1. The number of aliphatic hydroxyl groups is 1. The third kappa shape index (κ3) is 3.46. The summed E-state index contributed by atoms with van der Waals surface area (Å²) >= 11 is 1.70. The van der Waals surface area contributed by atoms with E-state index in [0.29, 0.717) is 12.1 Å². The molecule has 1 atom stereocenters. The average Bonchev–Trinajstić information content (AvgIpc) is 2.54. The van der Waals surface area contributed by atoms with Crippen LogP contribution in [0.3, 0.4) is 0 Å². The molecule has 74 valence electrons. The number of thiophene rings is 1. The maximum Gasteiger partial charge on any atom is 0.0449 e. The van der Waals surface area contributed by atoms with Gasteiger partial charge >= 0.3 is 0 Å². The van der Waals surface area contributed by atoms with Crippen molar-refractivity contribution in [2.45, 2.75) is 32.4 Å². The van der Waals surface area contributed by atoms with Crippen LogP contribution in [0.5, 0.6) is 0 Å². The zero-order valence-electron chi connectivity index (χ0n) is 8.16. The van der Waals surface area contributed by atoms with Gasteiger partial charge in [-0.05, 0) is 28.8 Å². The monoisotopic (exact) mass is 199 g/mol. The predicted octanol–water partition coefficient (Wildman–Crippen LogP) is 2.17. The Balaban J connectivity index is 2.57. The topological polar surface area (TPSA) is 32.3 Å². The van der Waals surface area contributed by atoms with Crippen molar-refractivity contribution in [1.29, 1.82) is 0 Å². The molecule has 2 N–H and O–H groups in total. The number of hydrogen-bond acceptors (Lipinski definition) is 3. The Bertz CT molecular complexity index is 221. The van der Waals surface area contributed by atoms with E-state index in [2.05, 4.69) is 36.0 Å². The van der Waals surface area contributed by atoms with Gasteiger partial charge in [-0.25, -0.2) is 0 Å². The molecule has 1 aromatic rings. The minimum absolute atomic E-state index is 0.236. The van der Waals surface area contributed by atoms with Crippen LogP contribution >= 0.6 is 11.3 Å². The summed E-state index contributed by atoms with van der Waals surface area (Å²) in [5, 5.41) is 16.5. The molecule has 0 saturated heterocycles. The van der Waals surface area contributed by atoms with Gasteiger partial charge in [0.1, 0.15) is 0 Å². The number of hydrogen-bond donors (Lipinski definition) is 2. The Hall–Kier alpha value is -0.380. The van der Waals surface area contributed by atoms with Crippen LogP contribution < -0.4 is 5.32 Å². The van der Waals surface area contributed by atoms with Gasteiger partial charge in [-0.15, -0.1) is 0 Å². The molecule has 0 saturated carbocycles. The van der Waals surface area contributed by atoms with Crippen LogP contribution in [-0.2, 0) is 0 Å². The van der Waals surface area contributed by atoms with Crippen molar-refractivity contribution in [3.8, 4) is 0 Å². The molecule has 0 aliphatic carbocycles. The molecule has 0 aliphatic rings. The zero-order chi connectivity index (χ0) is 9.68. The highest BCUT2D eigenvalue weighted by Gasteiger charge is 2.11. The van der Waals surface area contributed by atoms with Gasteiger partial charge in [0.25, 0.3) is 0 Å². The molecule has 2 nitrogen and oxygen atoms in total. The molecule has 0 bridgehead atoms. The van der Waals surface area contributed by atoms with Crippen LogP contribution in [0.25, 0.3) is 0 Å². The summed E-state index contributed by atoms with van der Waals surface area (Å²) in [6.45, 7) is 4.48. The zero-order valence-corrected chi connectivity index (χ0v) is 8.97. The molecular formula is C10H17NOS. The molecule has 0 fully saturated rings.